The second-order valence-corrected chi connectivity index (χ2v) is 4.95. The Morgan fingerprint density at radius 3 is 2.44 bits per heavy atom. The van der Waals surface area contributed by atoms with Crippen LogP contribution in [0.1, 0.15) is 27.9 Å². The van der Waals surface area contributed by atoms with Gasteiger partial charge in [0.15, 0.2) is 5.78 Å². The van der Waals surface area contributed by atoms with Crippen molar-refractivity contribution < 1.29 is 4.79 Å². The summed E-state index contributed by atoms with van der Waals surface area (Å²) in [5.41, 5.74) is 3.48. The lowest BCUT2D eigenvalue weighted by Crippen LogP contribution is -2.10. The van der Waals surface area contributed by atoms with Gasteiger partial charge in [0.2, 0.25) is 0 Å². The lowest BCUT2D eigenvalue weighted by Gasteiger charge is -2.07. The molecule has 0 saturated carbocycles. The Morgan fingerprint density at radius 1 is 0.944 bits per heavy atom. The fourth-order valence-corrected chi connectivity index (χ4v) is 2.74. The highest BCUT2D eigenvalue weighted by atomic mass is 16.1. The van der Waals surface area contributed by atoms with Gasteiger partial charge >= 0.3 is 0 Å². The summed E-state index contributed by atoms with van der Waals surface area (Å²) in [6, 6.07) is 18.4. The zero-order chi connectivity index (χ0) is 12.4. The number of ketones is 1. The second-order valence-electron chi connectivity index (χ2n) is 4.95. The van der Waals surface area contributed by atoms with E-state index in [4.69, 9.17) is 0 Å². The molecule has 1 aliphatic carbocycles. The molecule has 0 radical (unpaired) electrons. The van der Waals surface area contributed by atoms with Gasteiger partial charge in [0.25, 0.3) is 0 Å². The van der Waals surface area contributed by atoms with Crippen molar-refractivity contribution in [3.63, 3.8) is 0 Å². The van der Waals surface area contributed by atoms with E-state index in [0.717, 1.165) is 24.8 Å². The third kappa shape index (κ3) is 2.08. The van der Waals surface area contributed by atoms with E-state index >= 15 is 0 Å². The topological polar surface area (TPSA) is 17.1 Å². The standard InChI is InChI=1S/C17H16O/c18-17-15(11-10-13-6-2-1-3-7-13)12-14-8-4-5-9-16(14)17/h1-9,15H,10-12H2. The summed E-state index contributed by atoms with van der Waals surface area (Å²) < 4.78 is 0. The third-order valence-corrected chi connectivity index (χ3v) is 3.74. The normalized spacial score (nSPS) is 17.8. The number of fused-ring (bicyclic) bond motifs is 1. The fourth-order valence-electron chi connectivity index (χ4n) is 2.74. The molecule has 0 heterocycles. The first kappa shape index (κ1) is 11.2. The predicted octanol–water partition coefficient (Wildman–Crippen LogP) is 3.67. The number of hydrogen-bond donors (Lipinski definition) is 0. The van der Waals surface area contributed by atoms with E-state index in [2.05, 4.69) is 30.3 Å². The number of benzene rings is 2. The Kier molecular flexibility index (Phi) is 2.97. The molecule has 0 aliphatic heterocycles. The largest absolute Gasteiger partial charge is 0.294 e. The lowest BCUT2D eigenvalue weighted by atomic mass is 9.96. The number of rotatable bonds is 3. The lowest BCUT2D eigenvalue weighted by molar-refractivity contribution is 0.0931. The van der Waals surface area contributed by atoms with Crippen molar-refractivity contribution in [1.82, 2.24) is 0 Å². The van der Waals surface area contributed by atoms with Crippen molar-refractivity contribution >= 4 is 5.78 Å². The van der Waals surface area contributed by atoms with Crippen LogP contribution in [0.15, 0.2) is 54.6 Å². The molecule has 90 valence electrons. The molecule has 2 aromatic carbocycles. The van der Waals surface area contributed by atoms with E-state index in [0.29, 0.717) is 5.78 Å². The van der Waals surface area contributed by atoms with E-state index in [1.807, 2.05) is 24.3 Å². The van der Waals surface area contributed by atoms with E-state index in [1.165, 1.54) is 11.1 Å². The summed E-state index contributed by atoms with van der Waals surface area (Å²) in [6.07, 6.45) is 2.87. The highest BCUT2D eigenvalue weighted by molar-refractivity contribution is 6.02. The highest BCUT2D eigenvalue weighted by Gasteiger charge is 2.29. The number of carbonyl (C=O) groups is 1. The van der Waals surface area contributed by atoms with Crippen molar-refractivity contribution in [3.8, 4) is 0 Å². The third-order valence-electron chi connectivity index (χ3n) is 3.74. The van der Waals surface area contributed by atoms with Crippen LogP contribution in [-0.2, 0) is 12.8 Å². The number of aryl methyl sites for hydroxylation is 1. The summed E-state index contributed by atoms with van der Waals surface area (Å²) in [5, 5.41) is 0. The van der Waals surface area contributed by atoms with Gasteiger partial charge in [-0.2, -0.15) is 0 Å². The van der Waals surface area contributed by atoms with Gasteiger partial charge in [-0.3, -0.25) is 4.79 Å². The summed E-state index contributed by atoms with van der Waals surface area (Å²) in [5.74, 6) is 0.518. The molecule has 0 bridgehead atoms. The summed E-state index contributed by atoms with van der Waals surface area (Å²) in [6.45, 7) is 0. The SMILES string of the molecule is O=C1c2ccccc2CC1CCc1ccccc1. The van der Waals surface area contributed by atoms with Gasteiger partial charge in [-0.05, 0) is 30.4 Å². The van der Waals surface area contributed by atoms with Gasteiger partial charge in [0.05, 0.1) is 0 Å². The molecule has 1 aliphatic rings. The molecule has 0 saturated heterocycles. The first-order chi connectivity index (χ1) is 8.84. The molecular weight excluding hydrogens is 220 g/mol. The van der Waals surface area contributed by atoms with Gasteiger partial charge in [0, 0.05) is 11.5 Å². The zero-order valence-corrected chi connectivity index (χ0v) is 10.3. The van der Waals surface area contributed by atoms with Crippen LogP contribution < -0.4 is 0 Å². The Bertz CT molecular complexity index is 557. The molecule has 0 aromatic heterocycles. The molecule has 18 heavy (non-hydrogen) atoms. The molecule has 1 atom stereocenters. The Balaban J connectivity index is 1.68. The summed E-state index contributed by atoms with van der Waals surface area (Å²) in [4.78, 5) is 12.2. The maximum absolute atomic E-state index is 12.2. The van der Waals surface area contributed by atoms with E-state index in [-0.39, 0.29) is 5.92 Å². The van der Waals surface area contributed by atoms with E-state index in [1.54, 1.807) is 0 Å². The van der Waals surface area contributed by atoms with Crippen LogP contribution in [-0.4, -0.2) is 5.78 Å². The van der Waals surface area contributed by atoms with Crippen LogP contribution in [0.2, 0.25) is 0 Å². The number of Topliss-reactive ketones (excluding diaryl/α,β-unsaturated/α-hetero) is 1. The van der Waals surface area contributed by atoms with E-state index in [9.17, 15) is 4.79 Å². The Labute approximate surface area is 107 Å². The van der Waals surface area contributed by atoms with Crippen molar-refractivity contribution in [2.75, 3.05) is 0 Å². The molecule has 0 spiro atoms. The van der Waals surface area contributed by atoms with Crippen molar-refractivity contribution in [3.05, 3.63) is 71.3 Å². The van der Waals surface area contributed by atoms with Crippen molar-refractivity contribution in [1.29, 1.82) is 0 Å². The minimum atomic E-state index is 0.183. The Hall–Kier alpha value is -1.89. The molecule has 0 N–H and O–H groups in total. The van der Waals surface area contributed by atoms with Crippen LogP contribution in [0.25, 0.3) is 0 Å². The summed E-state index contributed by atoms with van der Waals surface area (Å²) in [7, 11) is 0. The second kappa shape index (κ2) is 4.77. The molecule has 3 rings (SSSR count). The van der Waals surface area contributed by atoms with E-state index < -0.39 is 0 Å². The molecule has 0 fully saturated rings. The van der Waals surface area contributed by atoms with Crippen molar-refractivity contribution in [2.45, 2.75) is 19.3 Å². The monoisotopic (exact) mass is 236 g/mol. The molecule has 0 amide bonds. The maximum Gasteiger partial charge on any atom is 0.166 e. The molecule has 1 heteroatoms. The van der Waals surface area contributed by atoms with Crippen LogP contribution >= 0.6 is 0 Å². The molecule has 2 aromatic rings. The minimum absolute atomic E-state index is 0.183. The Morgan fingerprint density at radius 2 is 1.67 bits per heavy atom. The maximum atomic E-state index is 12.2. The smallest absolute Gasteiger partial charge is 0.166 e. The first-order valence-corrected chi connectivity index (χ1v) is 6.50. The van der Waals surface area contributed by atoms with Gasteiger partial charge in [-0.15, -0.1) is 0 Å². The number of carbonyl (C=O) groups excluding carboxylic acids is 1. The van der Waals surface area contributed by atoms with Gasteiger partial charge in [-0.1, -0.05) is 54.6 Å². The summed E-state index contributed by atoms with van der Waals surface area (Å²) >= 11 is 0. The van der Waals surface area contributed by atoms with Gasteiger partial charge < -0.3 is 0 Å². The minimum Gasteiger partial charge on any atom is -0.294 e. The molecule has 1 nitrogen and oxygen atoms in total. The first-order valence-electron chi connectivity index (χ1n) is 6.50. The average molecular weight is 236 g/mol. The average Bonchev–Trinajstić information content (AvgIpc) is 2.75. The quantitative estimate of drug-likeness (QED) is 0.794. The van der Waals surface area contributed by atoms with Crippen molar-refractivity contribution in [2.24, 2.45) is 5.92 Å². The van der Waals surface area contributed by atoms with Crippen LogP contribution in [0.3, 0.4) is 0 Å². The highest BCUT2D eigenvalue weighted by Crippen LogP contribution is 2.29. The van der Waals surface area contributed by atoms with Crippen LogP contribution in [0.5, 0.6) is 0 Å². The predicted molar refractivity (Wildman–Crippen MR) is 72.7 cm³/mol. The van der Waals surface area contributed by atoms with Gasteiger partial charge in [-0.25, -0.2) is 0 Å². The fraction of sp³-hybridized carbons (Fsp3) is 0.235. The van der Waals surface area contributed by atoms with Crippen LogP contribution in [0, 0.1) is 5.92 Å². The molecule has 1 unspecified atom stereocenters. The molecular formula is C17H16O. The number of hydrogen-bond acceptors (Lipinski definition) is 1. The van der Waals surface area contributed by atoms with Crippen LogP contribution in [0.4, 0.5) is 0 Å². The zero-order valence-electron chi connectivity index (χ0n) is 10.3. The van der Waals surface area contributed by atoms with Gasteiger partial charge in [0.1, 0.15) is 0 Å².